The van der Waals surface area contributed by atoms with Gasteiger partial charge in [-0.1, -0.05) is 31.2 Å². The van der Waals surface area contributed by atoms with E-state index in [1.807, 2.05) is 24.5 Å². The Labute approximate surface area is 127 Å². The van der Waals surface area contributed by atoms with Crippen LogP contribution in [0.1, 0.15) is 18.9 Å². The molecule has 0 spiro atoms. The molecular weight excluding hydrogens is 314 g/mol. The number of fused-ring (bicyclic) bond motifs is 1. The van der Waals surface area contributed by atoms with E-state index < -0.39 is 0 Å². The van der Waals surface area contributed by atoms with E-state index in [-0.39, 0.29) is 0 Å². The number of hydrogen-bond acceptors (Lipinski definition) is 3. The van der Waals surface area contributed by atoms with Crippen LogP contribution in [0.25, 0.3) is 5.70 Å². The van der Waals surface area contributed by atoms with Crippen LogP contribution in [0.15, 0.2) is 57.9 Å². The summed E-state index contributed by atoms with van der Waals surface area (Å²) in [5.74, 6) is 0.487. The first-order valence-corrected chi connectivity index (χ1v) is 7.41. The Morgan fingerprint density at radius 3 is 2.80 bits per heavy atom. The molecule has 1 aromatic rings. The van der Waals surface area contributed by atoms with Gasteiger partial charge in [0.1, 0.15) is 4.61 Å². The van der Waals surface area contributed by atoms with Gasteiger partial charge in [0.05, 0.1) is 11.9 Å². The zero-order valence-corrected chi connectivity index (χ0v) is 12.8. The van der Waals surface area contributed by atoms with Crippen molar-refractivity contribution in [3.63, 3.8) is 0 Å². The molecule has 1 unspecified atom stereocenters. The fourth-order valence-corrected chi connectivity index (χ4v) is 2.68. The smallest absolute Gasteiger partial charge is 0.122 e. The Hall–Kier alpha value is -1.81. The van der Waals surface area contributed by atoms with Crippen molar-refractivity contribution >= 4 is 33.5 Å². The molecule has 2 heterocycles. The molecule has 3 nitrogen and oxygen atoms in total. The number of halogens is 1. The summed E-state index contributed by atoms with van der Waals surface area (Å²) in [5, 5.41) is 0. The first-order chi connectivity index (χ1) is 9.63. The monoisotopic (exact) mass is 329 g/mol. The number of nitrogens with two attached hydrogens (primary N) is 1. The van der Waals surface area contributed by atoms with Crippen molar-refractivity contribution < 1.29 is 0 Å². The number of aliphatic imine (C=N–C) groups is 1. The highest BCUT2D eigenvalue weighted by Gasteiger charge is 2.20. The molecule has 0 fully saturated rings. The molecule has 3 rings (SSSR count). The van der Waals surface area contributed by atoms with Gasteiger partial charge in [-0.3, -0.25) is 0 Å². The molecular formula is C16H16BrN3. The highest BCUT2D eigenvalue weighted by molar-refractivity contribution is 9.11. The van der Waals surface area contributed by atoms with Crippen molar-refractivity contribution in [2.45, 2.75) is 13.3 Å². The Kier molecular flexibility index (Phi) is 3.49. The van der Waals surface area contributed by atoms with Crippen LogP contribution >= 0.6 is 15.9 Å². The molecule has 102 valence electrons. The van der Waals surface area contributed by atoms with Crippen molar-refractivity contribution in [1.82, 2.24) is 4.90 Å². The first-order valence-electron chi connectivity index (χ1n) is 6.62. The van der Waals surface area contributed by atoms with Gasteiger partial charge in [-0.05, 0) is 46.0 Å². The van der Waals surface area contributed by atoms with Gasteiger partial charge in [0.15, 0.2) is 0 Å². The molecule has 0 amide bonds. The summed E-state index contributed by atoms with van der Waals surface area (Å²) in [6, 6.07) is 7.99. The van der Waals surface area contributed by atoms with Gasteiger partial charge in [-0.15, -0.1) is 0 Å². The minimum Gasteiger partial charge on any atom is -0.399 e. The van der Waals surface area contributed by atoms with Crippen molar-refractivity contribution in [2.24, 2.45) is 10.9 Å². The Morgan fingerprint density at radius 2 is 2.05 bits per heavy atom. The number of hydrogen-bond donors (Lipinski definition) is 1. The van der Waals surface area contributed by atoms with E-state index >= 15 is 0 Å². The van der Waals surface area contributed by atoms with Crippen molar-refractivity contribution in [3.8, 4) is 0 Å². The lowest BCUT2D eigenvalue weighted by Gasteiger charge is -2.26. The van der Waals surface area contributed by atoms with Crippen LogP contribution in [-0.2, 0) is 0 Å². The second-order valence-electron chi connectivity index (χ2n) is 5.10. The molecule has 1 aromatic carbocycles. The van der Waals surface area contributed by atoms with Gasteiger partial charge in [0.25, 0.3) is 0 Å². The lowest BCUT2D eigenvalue weighted by molar-refractivity contribution is 0.685. The van der Waals surface area contributed by atoms with Crippen molar-refractivity contribution in [1.29, 1.82) is 0 Å². The second kappa shape index (κ2) is 5.29. The topological polar surface area (TPSA) is 41.6 Å². The molecule has 2 N–H and O–H groups in total. The summed E-state index contributed by atoms with van der Waals surface area (Å²) in [4.78, 5) is 6.49. The van der Waals surface area contributed by atoms with Crippen molar-refractivity contribution in [3.05, 3.63) is 58.5 Å². The molecule has 0 aliphatic carbocycles. The van der Waals surface area contributed by atoms with Crippen LogP contribution in [0, 0.1) is 5.92 Å². The van der Waals surface area contributed by atoms with Gasteiger partial charge in [0.2, 0.25) is 0 Å². The van der Waals surface area contributed by atoms with E-state index in [0.717, 1.165) is 28.0 Å². The number of allylic oxidation sites excluding steroid dienone is 3. The Morgan fingerprint density at radius 1 is 1.30 bits per heavy atom. The van der Waals surface area contributed by atoms with Crippen LogP contribution in [0.4, 0.5) is 5.69 Å². The molecule has 0 bridgehead atoms. The number of anilines is 1. The molecule has 2 aliphatic rings. The standard InChI is InChI=1S/C16H16BrN3/c1-11-2-7-14-9-19-16(17)10-20(14)15(8-11)12-3-5-13(18)6-4-12/h3-11H,2,18H2,1H3. The summed E-state index contributed by atoms with van der Waals surface area (Å²) in [6.07, 6.45) is 9.44. The van der Waals surface area contributed by atoms with Crippen LogP contribution in [0.2, 0.25) is 0 Å². The highest BCUT2D eigenvalue weighted by Crippen LogP contribution is 2.33. The van der Waals surface area contributed by atoms with E-state index in [9.17, 15) is 0 Å². The predicted octanol–water partition coefficient (Wildman–Crippen LogP) is 4.11. The lowest BCUT2D eigenvalue weighted by Crippen LogP contribution is -2.18. The van der Waals surface area contributed by atoms with Gasteiger partial charge in [-0.2, -0.15) is 0 Å². The van der Waals surface area contributed by atoms with E-state index in [1.54, 1.807) is 0 Å². The van der Waals surface area contributed by atoms with Gasteiger partial charge < -0.3 is 10.6 Å². The first kappa shape index (κ1) is 13.2. The molecule has 20 heavy (non-hydrogen) atoms. The largest absolute Gasteiger partial charge is 0.399 e. The minimum absolute atomic E-state index is 0.487. The van der Waals surface area contributed by atoms with Crippen molar-refractivity contribution in [2.75, 3.05) is 5.73 Å². The van der Waals surface area contributed by atoms with Crippen LogP contribution in [0.3, 0.4) is 0 Å². The van der Waals surface area contributed by atoms with E-state index in [4.69, 9.17) is 5.73 Å². The number of nitrogens with zero attached hydrogens (tertiary/aromatic N) is 2. The second-order valence-corrected chi connectivity index (χ2v) is 5.91. The molecule has 0 saturated carbocycles. The zero-order valence-electron chi connectivity index (χ0n) is 11.3. The summed E-state index contributed by atoms with van der Waals surface area (Å²) >= 11 is 3.45. The number of benzene rings is 1. The summed E-state index contributed by atoms with van der Waals surface area (Å²) in [5.41, 5.74) is 10.0. The maximum atomic E-state index is 5.78. The third kappa shape index (κ3) is 2.56. The minimum atomic E-state index is 0.487. The maximum absolute atomic E-state index is 5.78. The SMILES string of the molecule is CC1C=C(c2ccc(N)cc2)N2C=C(Br)N=CC2=CC1. The fraction of sp³-hybridized carbons (Fsp3) is 0.188. The molecule has 4 heteroatoms. The van der Waals surface area contributed by atoms with E-state index in [0.29, 0.717) is 5.92 Å². The van der Waals surface area contributed by atoms with E-state index in [1.165, 1.54) is 5.70 Å². The number of rotatable bonds is 1. The lowest BCUT2D eigenvalue weighted by atomic mass is 10.0. The van der Waals surface area contributed by atoms with Gasteiger partial charge >= 0.3 is 0 Å². The molecule has 2 aliphatic heterocycles. The molecule has 1 atom stereocenters. The third-order valence-corrected chi connectivity index (χ3v) is 3.85. The van der Waals surface area contributed by atoms with Crippen LogP contribution in [0.5, 0.6) is 0 Å². The quantitative estimate of drug-likeness (QED) is 0.622. The van der Waals surface area contributed by atoms with Gasteiger partial charge in [0, 0.05) is 17.6 Å². The van der Waals surface area contributed by atoms with E-state index in [2.05, 4.69) is 57.0 Å². The molecule has 0 saturated heterocycles. The summed E-state index contributed by atoms with van der Waals surface area (Å²) < 4.78 is 0.825. The summed E-state index contributed by atoms with van der Waals surface area (Å²) in [7, 11) is 0. The highest BCUT2D eigenvalue weighted by atomic mass is 79.9. The Balaban J connectivity index is 2.08. The average molecular weight is 330 g/mol. The predicted molar refractivity (Wildman–Crippen MR) is 88.0 cm³/mol. The zero-order chi connectivity index (χ0) is 14.1. The third-order valence-electron chi connectivity index (χ3n) is 3.44. The maximum Gasteiger partial charge on any atom is 0.122 e. The van der Waals surface area contributed by atoms with Crippen LogP contribution in [-0.4, -0.2) is 11.1 Å². The summed E-state index contributed by atoms with van der Waals surface area (Å²) in [6.45, 7) is 2.22. The number of nitrogen functional groups attached to an aromatic ring is 1. The fourth-order valence-electron chi connectivity index (χ4n) is 2.38. The normalized spacial score (nSPS) is 21.6. The molecule has 0 radical (unpaired) electrons. The molecule has 0 aromatic heterocycles. The van der Waals surface area contributed by atoms with Crippen LogP contribution < -0.4 is 5.73 Å². The Bertz CT molecular complexity index is 638. The van der Waals surface area contributed by atoms with Gasteiger partial charge in [-0.25, -0.2) is 4.99 Å². The average Bonchev–Trinajstić information content (AvgIpc) is 2.59.